The Bertz CT molecular complexity index is 536. The van der Waals surface area contributed by atoms with Crippen molar-refractivity contribution in [3.8, 4) is 0 Å². The number of hydrogen-bond donors (Lipinski definition) is 0. The fourth-order valence-corrected chi connectivity index (χ4v) is 1.46. The van der Waals surface area contributed by atoms with Gasteiger partial charge < -0.3 is 9.14 Å². The molecule has 0 aliphatic rings. The number of fused-ring (bicyclic) bond motifs is 1. The molecule has 0 N–H and O–H groups in total. The first kappa shape index (κ1) is 10.9. The Morgan fingerprint density at radius 2 is 2.31 bits per heavy atom. The zero-order valence-electron chi connectivity index (χ0n) is 8.85. The normalized spacial score (nSPS) is 11.0. The topological polar surface area (TPSA) is 56.5 Å². The third kappa shape index (κ3) is 1.99. The van der Waals surface area contributed by atoms with E-state index in [1.807, 2.05) is 0 Å². The van der Waals surface area contributed by atoms with Crippen molar-refractivity contribution in [1.29, 1.82) is 0 Å². The van der Waals surface area contributed by atoms with E-state index in [1.165, 1.54) is 6.20 Å². The molecule has 0 bridgehead atoms. The maximum absolute atomic E-state index is 11.6. The lowest BCUT2D eigenvalue weighted by molar-refractivity contribution is 0.0371. The van der Waals surface area contributed by atoms with Gasteiger partial charge in [-0.3, -0.25) is 0 Å². The molecule has 0 saturated carbocycles. The van der Waals surface area contributed by atoms with Crippen molar-refractivity contribution in [1.82, 2.24) is 14.4 Å². The summed E-state index contributed by atoms with van der Waals surface area (Å²) in [6.45, 7) is 3.56. The lowest BCUT2D eigenvalue weighted by Gasteiger charge is -2.04. The van der Waals surface area contributed by atoms with Crippen LogP contribution in [0.3, 0.4) is 0 Å². The SMILES string of the molecule is CC(C)OC(=O)c1cn2ccnc(Cl)c2n1. The number of esters is 1. The molecule has 0 fully saturated rings. The molecule has 0 unspecified atom stereocenters. The van der Waals surface area contributed by atoms with Gasteiger partial charge in [-0.15, -0.1) is 0 Å². The van der Waals surface area contributed by atoms with Gasteiger partial charge in [-0.05, 0) is 13.8 Å². The molecular weight excluding hydrogens is 230 g/mol. The number of aromatic nitrogens is 3. The van der Waals surface area contributed by atoms with E-state index >= 15 is 0 Å². The molecule has 16 heavy (non-hydrogen) atoms. The van der Waals surface area contributed by atoms with Crippen LogP contribution >= 0.6 is 11.6 Å². The van der Waals surface area contributed by atoms with E-state index < -0.39 is 5.97 Å². The van der Waals surface area contributed by atoms with Crippen molar-refractivity contribution in [3.05, 3.63) is 29.4 Å². The second-order valence-electron chi connectivity index (χ2n) is 3.53. The van der Waals surface area contributed by atoms with Crippen LogP contribution in [0.25, 0.3) is 5.65 Å². The standard InChI is InChI=1S/C10H10ClN3O2/c1-6(2)16-10(15)7-5-14-4-3-12-8(11)9(14)13-7/h3-6H,1-2H3. The number of nitrogens with zero attached hydrogens (tertiary/aromatic N) is 3. The van der Waals surface area contributed by atoms with E-state index in [4.69, 9.17) is 16.3 Å². The van der Waals surface area contributed by atoms with Crippen LogP contribution in [-0.4, -0.2) is 26.4 Å². The van der Waals surface area contributed by atoms with Crippen molar-refractivity contribution < 1.29 is 9.53 Å². The quantitative estimate of drug-likeness (QED) is 0.752. The summed E-state index contributed by atoms with van der Waals surface area (Å²) in [5.74, 6) is -0.463. The van der Waals surface area contributed by atoms with Crippen LogP contribution in [0.4, 0.5) is 0 Å². The third-order valence-electron chi connectivity index (χ3n) is 1.88. The molecular formula is C10H10ClN3O2. The molecule has 0 aliphatic heterocycles. The van der Waals surface area contributed by atoms with Gasteiger partial charge in [0.05, 0.1) is 6.10 Å². The average Bonchev–Trinajstić information content (AvgIpc) is 2.61. The van der Waals surface area contributed by atoms with Crippen LogP contribution in [0.15, 0.2) is 18.6 Å². The summed E-state index contributed by atoms with van der Waals surface area (Å²) in [4.78, 5) is 19.5. The van der Waals surface area contributed by atoms with Gasteiger partial charge in [0.15, 0.2) is 16.5 Å². The number of ether oxygens (including phenoxy) is 1. The minimum atomic E-state index is -0.463. The zero-order chi connectivity index (χ0) is 11.7. The summed E-state index contributed by atoms with van der Waals surface area (Å²) in [6, 6.07) is 0. The number of carbonyl (C=O) groups excluding carboxylic acids is 1. The fourth-order valence-electron chi connectivity index (χ4n) is 1.26. The van der Waals surface area contributed by atoms with Gasteiger partial charge in [-0.1, -0.05) is 11.6 Å². The van der Waals surface area contributed by atoms with Gasteiger partial charge in [-0.2, -0.15) is 0 Å². The molecule has 0 spiro atoms. The molecule has 2 rings (SSSR count). The predicted octanol–water partition coefficient (Wildman–Crippen LogP) is 1.95. The largest absolute Gasteiger partial charge is 0.458 e. The summed E-state index contributed by atoms with van der Waals surface area (Å²) in [6.07, 6.45) is 4.59. The smallest absolute Gasteiger partial charge is 0.358 e. The lowest BCUT2D eigenvalue weighted by atomic mass is 10.4. The Morgan fingerprint density at radius 3 is 2.94 bits per heavy atom. The van der Waals surface area contributed by atoms with Crippen LogP contribution in [0, 0.1) is 0 Å². The van der Waals surface area contributed by atoms with Crippen LogP contribution < -0.4 is 0 Å². The Labute approximate surface area is 97.0 Å². The van der Waals surface area contributed by atoms with Crippen molar-refractivity contribution >= 4 is 23.2 Å². The van der Waals surface area contributed by atoms with Crippen molar-refractivity contribution in [2.24, 2.45) is 0 Å². The molecule has 2 aromatic heterocycles. The minimum Gasteiger partial charge on any atom is -0.458 e. The highest BCUT2D eigenvalue weighted by Crippen LogP contribution is 2.14. The van der Waals surface area contributed by atoms with Crippen LogP contribution in [0.1, 0.15) is 24.3 Å². The van der Waals surface area contributed by atoms with E-state index in [9.17, 15) is 4.79 Å². The van der Waals surface area contributed by atoms with Gasteiger partial charge in [-0.25, -0.2) is 14.8 Å². The summed E-state index contributed by atoms with van der Waals surface area (Å²) in [5, 5.41) is 0.256. The average molecular weight is 240 g/mol. The Hall–Kier alpha value is -1.62. The van der Waals surface area contributed by atoms with Gasteiger partial charge >= 0.3 is 5.97 Å². The molecule has 5 nitrogen and oxygen atoms in total. The Morgan fingerprint density at radius 1 is 1.56 bits per heavy atom. The molecule has 2 aromatic rings. The van der Waals surface area contributed by atoms with Crippen molar-refractivity contribution in [3.63, 3.8) is 0 Å². The molecule has 0 radical (unpaired) electrons. The highest BCUT2D eigenvalue weighted by Gasteiger charge is 2.14. The molecule has 0 atom stereocenters. The highest BCUT2D eigenvalue weighted by atomic mass is 35.5. The van der Waals surface area contributed by atoms with Gasteiger partial charge in [0.25, 0.3) is 0 Å². The van der Waals surface area contributed by atoms with E-state index in [-0.39, 0.29) is 17.0 Å². The third-order valence-corrected chi connectivity index (χ3v) is 2.15. The summed E-state index contributed by atoms with van der Waals surface area (Å²) < 4.78 is 6.66. The molecule has 0 amide bonds. The lowest BCUT2D eigenvalue weighted by Crippen LogP contribution is -2.11. The second-order valence-corrected chi connectivity index (χ2v) is 3.89. The summed E-state index contributed by atoms with van der Waals surface area (Å²) >= 11 is 5.83. The Balaban J connectivity index is 2.40. The molecule has 0 saturated heterocycles. The van der Waals surface area contributed by atoms with E-state index in [0.29, 0.717) is 5.65 Å². The van der Waals surface area contributed by atoms with Gasteiger partial charge in [0.1, 0.15) is 0 Å². The number of rotatable bonds is 2. The zero-order valence-corrected chi connectivity index (χ0v) is 9.60. The maximum Gasteiger partial charge on any atom is 0.358 e. The van der Waals surface area contributed by atoms with Crippen LogP contribution in [0.2, 0.25) is 5.15 Å². The van der Waals surface area contributed by atoms with Crippen molar-refractivity contribution in [2.45, 2.75) is 20.0 Å². The van der Waals surface area contributed by atoms with Crippen LogP contribution in [0.5, 0.6) is 0 Å². The van der Waals surface area contributed by atoms with Crippen molar-refractivity contribution in [2.75, 3.05) is 0 Å². The molecule has 0 aliphatic carbocycles. The Kier molecular flexibility index (Phi) is 2.78. The number of halogens is 1. The molecule has 84 valence electrons. The monoisotopic (exact) mass is 239 g/mol. The number of imidazole rings is 1. The fraction of sp³-hybridized carbons (Fsp3) is 0.300. The first-order chi connectivity index (χ1) is 7.58. The minimum absolute atomic E-state index is 0.175. The summed E-state index contributed by atoms with van der Waals surface area (Å²) in [7, 11) is 0. The van der Waals surface area contributed by atoms with E-state index in [2.05, 4.69) is 9.97 Å². The number of hydrogen-bond acceptors (Lipinski definition) is 4. The first-order valence-corrected chi connectivity index (χ1v) is 5.16. The van der Waals surface area contributed by atoms with E-state index in [0.717, 1.165) is 0 Å². The van der Waals surface area contributed by atoms with Gasteiger partial charge in [0, 0.05) is 18.6 Å². The van der Waals surface area contributed by atoms with Crippen LogP contribution in [-0.2, 0) is 4.74 Å². The van der Waals surface area contributed by atoms with E-state index in [1.54, 1.807) is 30.6 Å². The number of carbonyl (C=O) groups is 1. The molecule has 6 heteroatoms. The highest BCUT2D eigenvalue weighted by molar-refractivity contribution is 6.32. The van der Waals surface area contributed by atoms with Gasteiger partial charge in [0.2, 0.25) is 0 Å². The summed E-state index contributed by atoms with van der Waals surface area (Å²) in [5.41, 5.74) is 0.670. The molecule has 2 heterocycles. The molecule has 0 aromatic carbocycles. The predicted molar refractivity (Wildman–Crippen MR) is 58.5 cm³/mol. The second kappa shape index (κ2) is 4.09. The first-order valence-electron chi connectivity index (χ1n) is 4.78. The maximum atomic E-state index is 11.6.